The fourth-order valence-corrected chi connectivity index (χ4v) is 4.37. The first-order valence-electron chi connectivity index (χ1n) is 11.6. The molecule has 0 aromatic rings. The van der Waals surface area contributed by atoms with Crippen LogP contribution < -0.4 is 0 Å². The van der Waals surface area contributed by atoms with Crippen LogP contribution in [0.25, 0.3) is 0 Å². The summed E-state index contributed by atoms with van der Waals surface area (Å²) in [7, 11) is 1.55. The standard InChI is InChI=1S/C22H38O11/c1-15(28-11-12-29-16(24)13-27-10-9-26-3)30-17-18-20(31-19(17)21(2,25)14-23)33-22(32-18)7-5-4-6-8-22/h15,17-20,23,25H,4-14H2,1-3H3/t15?,17-,18-,19+,20-,21?/m1/s1. The number of fused-ring (bicyclic) bond motifs is 1. The van der Waals surface area contributed by atoms with Gasteiger partial charge in [0.15, 0.2) is 18.4 Å². The summed E-state index contributed by atoms with van der Waals surface area (Å²) in [5.74, 6) is -1.18. The van der Waals surface area contributed by atoms with Crippen molar-refractivity contribution in [1.82, 2.24) is 0 Å². The normalized spacial score (nSPS) is 31.3. The molecule has 0 aromatic carbocycles. The summed E-state index contributed by atoms with van der Waals surface area (Å²) in [5.41, 5.74) is -1.56. The van der Waals surface area contributed by atoms with Crippen molar-refractivity contribution in [3.8, 4) is 0 Å². The molecule has 2 saturated heterocycles. The topological polar surface area (TPSA) is 131 Å². The van der Waals surface area contributed by atoms with E-state index in [-0.39, 0.29) is 19.8 Å². The van der Waals surface area contributed by atoms with Crippen molar-refractivity contribution in [2.75, 3.05) is 46.8 Å². The van der Waals surface area contributed by atoms with E-state index in [0.717, 1.165) is 32.1 Å². The van der Waals surface area contributed by atoms with Gasteiger partial charge < -0.3 is 48.1 Å². The largest absolute Gasteiger partial charge is 0.462 e. The van der Waals surface area contributed by atoms with Gasteiger partial charge in [-0.3, -0.25) is 0 Å². The first-order chi connectivity index (χ1) is 15.8. The number of aliphatic hydroxyl groups is 2. The van der Waals surface area contributed by atoms with Crippen molar-refractivity contribution in [2.45, 2.75) is 88.2 Å². The second-order valence-electron chi connectivity index (χ2n) is 8.92. The van der Waals surface area contributed by atoms with E-state index in [1.54, 1.807) is 14.0 Å². The third kappa shape index (κ3) is 7.06. The van der Waals surface area contributed by atoms with Gasteiger partial charge in [-0.25, -0.2) is 4.79 Å². The van der Waals surface area contributed by atoms with Gasteiger partial charge in [0.05, 0.1) is 26.4 Å². The lowest BCUT2D eigenvalue weighted by Gasteiger charge is -2.37. The lowest BCUT2D eigenvalue weighted by atomic mass is 9.93. The molecule has 1 saturated carbocycles. The number of methoxy groups -OCH3 is 1. The molecule has 2 aliphatic heterocycles. The van der Waals surface area contributed by atoms with E-state index in [9.17, 15) is 15.0 Å². The van der Waals surface area contributed by atoms with Crippen molar-refractivity contribution in [3.63, 3.8) is 0 Å². The Kier molecular flexibility index (Phi) is 9.86. The van der Waals surface area contributed by atoms with Gasteiger partial charge in [0.1, 0.15) is 37.1 Å². The van der Waals surface area contributed by atoms with Gasteiger partial charge >= 0.3 is 5.97 Å². The van der Waals surface area contributed by atoms with E-state index >= 15 is 0 Å². The Morgan fingerprint density at radius 1 is 1.15 bits per heavy atom. The number of ether oxygens (including phenoxy) is 8. The molecule has 192 valence electrons. The summed E-state index contributed by atoms with van der Waals surface area (Å²) in [4.78, 5) is 11.6. The number of esters is 1. The number of rotatable bonds is 13. The molecule has 0 bridgehead atoms. The summed E-state index contributed by atoms with van der Waals surface area (Å²) < 4.78 is 45.1. The Labute approximate surface area is 194 Å². The molecule has 6 atom stereocenters. The van der Waals surface area contributed by atoms with Crippen LogP contribution in [0.3, 0.4) is 0 Å². The minimum atomic E-state index is -1.56. The first kappa shape index (κ1) is 26.7. The molecular weight excluding hydrogens is 440 g/mol. The molecule has 33 heavy (non-hydrogen) atoms. The minimum Gasteiger partial charge on any atom is -0.462 e. The van der Waals surface area contributed by atoms with Crippen molar-refractivity contribution in [2.24, 2.45) is 0 Å². The molecule has 11 nitrogen and oxygen atoms in total. The highest BCUT2D eigenvalue weighted by atomic mass is 16.9. The molecule has 1 aliphatic carbocycles. The smallest absolute Gasteiger partial charge is 0.332 e. The van der Waals surface area contributed by atoms with Gasteiger partial charge in [-0.15, -0.1) is 0 Å². The van der Waals surface area contributed by atoms with Crippen LogP contribution in [0.5, 0.6) is 0 Å². The summed E-state index contributed by atoms with van der Waals surface area (Å²) >= 11 is 0. The summed E-state index contributed by atoms with van der Waals surface area (Å²) in [6.07, 6.45) is 1.18. The molecule has 0 aromatic heterocycles. The fourth-order valence-electron chi connectivity index (χ4n) is 4.37. The molecule has 2 N–H and O–H groups in total. The molecule has 2 unspecified atom stereocenters. The maximum atomic E-state index is 11.6. The zero-order chi connectivity index (χ0) is 23.9. The minimum absolute atomic E-state index is 0.0356. The number of hydrogen-bond acceptors (Lipinski definition) is 11. The van der Waals surface area contributed by atoms with Crippen molar-refractivity contribution < 1.29 is 52.9 Å². The summed E-state index contributed by atoms with van der Waals surface area (Å²) in [6, 6.07) is 0. The van der Waals surface area contributed by atoms with E-state index in [1.807, 2.05) is 0 Å². The molecule has 0 amide bonds. The highest BCUT2D eigenvalue weighted by Crippen LogP contribution is 2.47. The van der Waals surface area contributed by atoms with Gasteiger partial charge in [-0.05, 0) is 26.7 Å². The van der Waals surface area contributed by atoms with Crippen LogP contribution >= 0.6 is 0 Å². The predicted molar refractivity (Wildman–Crippen MR) is 112 cm³/mol. The second kappa shape index (κ2) is 12.2. The third-order valence-corrected chi connectivity index (χ3v) is 6.10. The number of aliphatic hydroxyl groups excluding tert-OH is 1. The van der Waals surface area contributed by atoms with Crippen LogP contribution in [-0.2, 0) is 42.7 Å². The molecule has 0 radical (unpaired) electrons. The molecule has 1 spiro atoms. The Morgan fingerprint density at radius 2 is 1.91 bits per heavy atom. The zero-order valence-electron chi connectivity index (χ0n) is 19.7. The Balaban J connectivity index is 1.48. The summed E-state index contributed by atoms with van der Waals surface area (Å²) in [6.45, 7) is 3.35. The third-order valence-electron chi connectivity index (χ3n) is 6.10. The Bertz CT molecular complexity index is 607. The van der Waals surface area contributed by atoms with Crippen LogP contribution in [0.1, 0.15) is 46.0 Å². The van der Waals surface area contributed by atoms with Crippen molar-refractivity contribution in [3.05, 3.63) is 0 Å². The SMILES string of the molecule is COCCOCC(=O)OCCOC(C)O[C@@H]1[C@H]2OC3(CCCCC3)O[C@H]2O[C@@H]1C(C)(O)CO. The van der Waals surface area contributed by atoms with Gasteiger partial charge in [-0.2, -0.15) is 0 Å². The van der Waals surface area contributed by atoms with E-state index in [1.165, 1.54) is 6.92 Å². The maximum Gasteiger partial charge on any atom is 0.332 e. The van der Waals surface area contributed by atoms with Gasteiger partial charge in [0, 0.05) is 20.0 Å². The second-order valence-corrected chi connectivity index (χ2v) is 8.92. The highest BCUT2D eigenvalue weighted by Gasteiger charge is 2.62. The average molecular weight is 479 g/mol. The molecule has 2 heterocycles. The monoisotopic (exact) mass is 478 g/mol. The maximum absolute atomic E-state index is 11.6. The van der Waals surface area contributed by atoms with Crippen molar-refractivity contribution in [1.29, 1.82) is 0 Å². The van der Waals surface area contributed by atoms with Crippen LogP contribution in [0.15, 0.2) is 0 Å². The lowest BCUT2D eigenvalue weighted by molar-refractivity contribution is -0.279. The lowest BCUT2D eigenvalue weighted by Crippen LogP contribution is -2.53. The summed E-state index contributed by atoms with van der Waals surface area (Å²) in [5, 5.41) is 20.3. The highest BCUT2D eigenvalue weighted by molar-refractivity contribution is 5.70. The molecule has 3 fully saturated rings. The number of hydrogen-bond donors (Lipinski definition) is 2. The Hall–Kier alpha value is -0.890. The molecule has 11 heteroatoms. The first-order valence-corrected chi connectivity index (χ1v) is 11.6. The molecular formula is C22H38O11. The quantitative estimate of drug-likeness (QED) is 0.218. The van der Waals surface area contributed by atoms with Gasteiger partial charge in [0.2, 0.25) is 0 Å². The molecule has 3 aliphatic rings. The van der Waals surface area contributed by atoms with Crippen LogP contribution in [0.4, 0.5) is 0 Å². The molecule has 3 rings (SSSR count). The van der Waals surface area contributed by atoms with E-state index in [2.05, 4.69) is 0 Å². The predicted octanol–water partition coefficient (Wildman–Crippen LogP) is 0.484. The van der Waals surface area contributed by atoms with Gasteiger partial charge in [0.25, 0.3) is 0 Å². The number of carbonyl (C=O) groups is 1. The van der Waals surface area contributed by atoms with E-state index < -0.39 is 54.9 Å². The average Bonchev–Trinajstić information content (AvgIpc) is 3.30. The number of carbonyl (C=O) groups excluding carboxylic acids is 1. The van der Waals surface area contributed by atoms with Gasteiger partial charge in [-0.1, -0.05) is 6.42 Å². The van der Waals surface area contributed by atoms with Crippen molar-refractivity contribution >= 4 is 5.97 Å². The van der Waals surface area contributed by atoms with E-state index in [4.69, 9.17) is 37.9 Å². The fraction of sp³-hybridized carbons (Fsp3) is 0.955. The van der Waals surface area contributed by atoms with Crippen LogP contribution in [0, 0.1) is 0 Å². The Morgan fingerprint density at radius 3 is 2.61 bits per heavy atom. The zero-order valence-corrected chi connectivity index (χ0v) is 19.7. The van der Waals surface area contributed by atoms with E-state index in [0.29, 0.717) is 13.2 Å². The van der Waals surface area contributed by atoms with Crippen LogP contribution in [0.2, 0.25) is 0 Å². The van der Waals surface area contributed by atoms with Crippen LogP contribution in [-0.4, -0.2) is 105 Å².